The fourth-order valence-corrected chi connectivity index (χ4v) is 0.481. The Bertz CT molecular complexity index is 226. The van der Waals surface area contributed by atoms with Gasteiger partial charge in [0.1, 0.15) is 0 Å². The summed E-state index contributed by atoms with van der Waals surface area (Å²) in [5, 5.41) is 0. The number of nitrogen functional groups attached to an aromatic ring is 1. The van der Waals surface area contributed by atoms with Crippen molar-refractivity contribution in [1.82, 2.24) is 15.3 Å². The summed E-state index contributed by atoms with van der Waals surface area (Å²) < 4.78 is 0. The predicted octanol–water partition coefficient (Wildman–Crippen LogP) is -1.58. The topological polar surface area (TPSA) is 80.9 Å². The number of nitrogens with zero attached hydrogens (tertiary/aromatic N) is 2. The Morgan fingerprint density at radius 2 is 2.60 bits per heavy atom. The summed E-state index contributed by atoms with van der Waals surface area (Å²) in [6.45, 7) is 0. The van der Waals surface area contributed by atoms with Gasteiger partial charge in [0.05, 0.1) is 0 Å². The van der Waals surface area contributed by atoms with E-state index < -0.39 is 5.91 Å². The molecule has 0 aliphatic rings. The molecular formula is C4H5BN4O. The summed E-state index contributed by atoms with van der Waals surface area (Å²) in [7, 11) is 1.47. The molecule has 1 aromatic rings. The maximum atomic E-state index is 10.7. The fraction of sp³-hybridized carbons (Fsp3) is 0. The van der Waals surface area contributed by atoms with Gasteiger partial charge < -0.3 is 0 Å². The van der Waals surface area contributed by atoms with Crippen molar-refractivity contribution in [3.05, 3.63) is 18.0 Å². The molecule has 0 saturated heterocycles. The summed E-state index contributed by atoms with van der Waals surface area (Å²) in [5.41, 5.74) is 1.92. The summed E-state index contributed by atoms with van der Waals surface area (Å²) >= 11 is 0. The SMILES string of the molecule is NNC(=O)c1nbccn1. The van der Waals surface area contributed by atoms with Crippen LogP contribution in [0.5, 0.6) is 0 Å². The van der Waals surface area contributed by atoms with E-state index in [1.165, 1.54) is 13.2 Å². The van der Waals surface area contributed by atoms with Crippen molar-refractivity contribution in [2.45, 2.75) is 0 Å². The van der Waals surface area contributed by atoms with Crippen LogP contribution in [-0.2, 0) is 0 Å². The number of hydrogen-bond acceptors (Lipinski definition) is 4. The number of nitrogens with two attached hydrogens (primary N) is 1. The van der Waals surface area contributed by atoms with Crippen LogP contribution in [0.25, 0.3) is 0 Å². The number of aromatic nitrogens is 2. The first kappa shape index (κ1) is 6.82. The number of amides is 1. The van der Waals surface area contributed by atoms with E-state index in [1.807, 2.05) is 5.43 Å². The van der Waals surface area contributed by atoms with Crippen molar-refractivity contribution in [3.63, 3.8) is 0 Å². The van der Waals surface area contributed by atoms with Crippen molar-refractivity contribution in [2.75, 3.05) is 0 Å². The van der Waals surface area contributed by atoms with Crippen LogP contribution < -0.4 is 11.3 Å². The van der Waals surface area contributed by atoms with Gasteiger partial charge in [0, 0.05) is 0 Å². The average molecular weight is 136 g/mol. The molecule has 0 fully saturated rings. The molecule has 0 aliphatic carbocycles. The molecule has 1 rings (SSSR count). The van der Waals surface area contributed by atoms with Gasteiger partial charge in [-0.3, -0.25) is 0 Å². The second-order valence-corrected chi connectivity index (χ2v) is 1.55. The third-order valence-corrected chi connectivity index (χ3v) is 0.900. The van der Waals surface area contributed by atoms with Crippen molar-refractivity contribution >= 4 is 13.0 Å². The molecule has 10 heavy (non-hydrogen) atoms. The number of rotatable bonds is 1. The van der Waals surface area contributed by atoms with Gasteiger partial charge in [0.2, 0.25) is 0 Å². The van der Waals surface area contributed by atoms with E-state index in [1.54, 1.807) is 5.96 Å². The Kier molecular flexibility index (Phi) is 2.06. The first-order chi connectivity index (χ1) is 4.84. The van der Waals surface area contributed by atoms with Crippen LogP contribution in [0.15, 0.2) is 12.2 Å². The summed E-state index contributed by atoms with van der Waals surface area (Å²) in [5.74, 6) is 6.03. The molecule has 0 unspecified atom stereocenters. The molecule has 0 aromatic carbocycles. The number of carbonyl (C=O) groups is 1. The van der Waals surface area contributed by atoms with E-state index in [0.29, 0.717) is 0 Å². The van der Waals surface area contributed by atoms with Gasteiger partial charge in [-0.2, -0.15) is 0 Å². The van der Waals surface area contributed by atoms with E-state index in [-0.39, 0.29) is 5.82 Å². The van der Waals surface area contributed by atoms with Crippen LogP contribution in [0.4, 0.5) is 0 Å². The van der Waals surface area contributed by atoms with Crippen LogP contribution in [0.1, 0.15) is 10.6 Å². The minimum absolute atomic E-state index is 0.0741. The Morgan fingerprint density at radius 1 is 1.80 bits per heavy atom. The first-order valence-corrected chi connectivity index (χ1v) is 2.62. The Morgan fingerprint density at radius 3 is 3.10 bits per heavy atom. The maximum absolute atomic E-state index is 10.7. The van der Waals surface area contributed by atoms with Crippen molar-refractivity contribution < 1.29 is 4.79 Å². The first-order valence-electron chi connectivity index (χ1n) is 2.62. The van der Waals surface area contributed by atoms with Crippen LogP contribution in [0, 0.1) is 0 Å². The Labute approximate surface area is 57.9 Å². The molecule has 6 heteroatoms. The van der Waals surface area contributed by atoms with Gasteiger partial charge in [0.25, 0.3) is 0 Å². The van der Waals surface area contributed by atoms with Gasteiger partial charge in [-0.15, -0.1) is 0 Å². The van der Waals surface area contributed by atoms with Crippen LogP contribution in [-0.4, -0.2) is 22.8 Å². The van der Waals surface area contributed by atoms with Crippen LogP contribution in [0.2, 0.25) is 0 Å². The zero-order valence-corrected chi connectivity index (χ0v) is 5.11. The molecule has 0 saturated carbocycles. The minimum atomic E-state index is -0.486. The monoisotopic (exact) mass is 136 g/mol. The van der Waals surface area contributed by atoms with Crippen molar-refractivity contribution in [2.24, 2.45) is 5.84 Å². The quantitative estimate of drug-likeness (QED) is 0.277. The number of nitrogens with one attached hydrogen (secondary N) is 1. The van der Waals surface area contributed by atoms with E-state index in [0.717, 1.165) is 0 Å². The summed E-state index contributed by atoms with van der Waals surface area (Å²) in [6.07, 6.45) is 1.47. The van der Waals surface area contributed by atoms with E-state index in [9.17, 15) is 4.79 Å². The molecule has 5 nitrogen and oxygen atoms in total. The molecule has 0 bridgehead atoms. The van der Waals surface area contributed by atoms with Crippen LogP contribution in [0.3, 0.4) is 0 Å². The second-order valence-electron chi connectivity index (χ2n) is 1.55. The Hall–Kier alpha value is -1.30. The second kappa shape index (κ2) is 3.02. The number of hydrazine groups is 1. The third-order valence-electron chi connectivity index (χ3n) is 0.900. The van der Waals surface area contributed by atoms with Crippen molar-refractivity contribution in [3.8, 4) is 0 Å². The van der Waals surface area contributed by atoms with E-state index in [2.05, 4.69) is 9.88 Å². The molecule has 3 N–H and O–H groups in total. The molecule has 1 amide bonds. The zero-order valence-electron chi connectivity index (χ0n) is 5.11. The summed E-state index contributed by atoms with van der Waals surface area (Å²) in [6, 6.07) is 0. The number of hydrogen-bond donors (Lipinski definition) is 2. The predicted molar refractivity (Wildman–Crippen MR) is 35.0 cm³/mol. The van der Waals surface area contributed by atoms with Gasteiger partial charge in [-0.05, 0) is 0 Å². The molecule has 1 aromatic heterocycles. The summed E-state index contributed by atoms with van der Waals surface area (Å²) in [4.78, 5) is 17.9. The number of carbonyl (C=O) groups excluding carboxylic acids is 1. The van der Waals surface area contributed by atoms with Gasteiger partial charge in [-0.1, -0.05) is 0 Å². The van der Waals surface area contributed by atoms with E-state index in [4.69, 9.17) is 5.84 Å². The molecule has 0 radical (unpaired) electrons. The molecule has 1 heterocycles. The van der Waals surface area contributed by atoms with Crippen LogP contribution >= 0.6 is 0 Å². The van der Waals surface area contributed by atoms with Crippen molar-refractivity contribution in [1.29, 1.82) is 0 Å². The normalized spacial score (nSPS) is 8.50. The van der Waals surface area contributed by atoms with Gasteiger partial charge in [-0.25, -0.2) is 0 Å². The fourth-order valence-electron chi connectivity index (χ4n) is 0.481. The zero-order chi connectivity index (χ0) is 7.40. The molecular weight excluding hydrogens is 131 g/mol. The van der Waals surface area contributed by atoms with Gasteiger partial charge >= 0.3 is 56.9 Å². The standard InChI is InChI=1S/C4H5BN4O/c6-9-4(10)3-7-2-1-5-8-3/h1-2H,6H2,(H,9,10). The average Bonchev–Trinajstić information content (AvgIpc) is 2.05. The van der Waals surface area contributed by atoms with Gasteiger partial charge in [0.15, 0.2) is 0 Å². The molecule has 0 aliphatic heterocycles. The molecule has 50 valence electrons. The van der Waals surface area contributed by atoms with E-state index >= 15 is 0 Å². The third kappa shape index (κ3) is 1.35. The molecule has 0 spiro atoms. The Balaban J connectivity index is 2.85. The molecule has 0 atom stereocenters.